The zero-order chi connectivity index (χ0) is 13.1. The van der Waals surface area contributed by atoms with Gasteiger partial charge in [0.25, 0.3) is 0 Å². The van der Waals surface area contributed by atoms with E-state index in [4.69, 9.17) is 17.3 Å². The molecular weight excluding hydrogens is 261 g/mol. The molecule has 1 unspecified atom stereocenters. The van der Waals surface area contributed by atoms with E-state index in [-0.39, 0.29) is 16.4 Å². The van der Waals surface area contributed by atoms with Crippen LogP contribution in [-0.2, 0) is 4.74 Å². The number of nitrogens with zero attached hydrogens (tertiary/aromatic N) is 1. The summed E-state index contributed by atoms with van der Waals surface area (Å²) in [4.78, 5) is 3.66. The molecular formula is C9H10ClF3N2O2. The molecule has 0 bridgehead atoms. The lowest BCUT2D eigenvalue weighted by Gasteiger charge is -2.14. The fourth-order valence-corrected chi connectivity index (χ4v) is 1.27. The van der Waals surface area contributed by atoms with Gasteiger partial charge in [-0.2, -0.15) is 13.2 Å². The minimum atomic E-state index is -4.43. The minimum absolute atomic E-state index is 0.00231. The number of nitrogen functional groups attached to an aromatic ring is 1. The van der Waals surface area contributed by atoms with E-state index in [9.17, 15) is 18.3 Å². The zero-order valence-electron chi connectivity index (χ0n) is 8.54. The lowest BCUT2D eigenvalue weighted by Crippen LogP contribution is -2.20. The number of aliphatic hydroxyl groups excluding tert-OH is 1. The molecule has 0 amide bonds. The maximum absolute atomic E-state index is 11.8. The van der Waals surface area contributed by atoms with Crippen molar-refractivity contribution in [3.8, 4) is 0 Å². The van der Waals surface area contributed by atoms with E-state index in [1.165, 1.54) is 12.3 Å². The van der Waals surface area contributed by atoms with Crippen LogP contribution in [0.5, 0.6) is 0 Å². The zero-order valence-corrected chi connectivity index (χ0v) is 9.29. The van der Waals surface area contributed by atoms with Crippen molar-refractivity contribution < 1.29 is 23.0 Å². The summed E-state index contributed by atoms with van der Waals surface area (Å²) in [7, 11) is 0. The Morgan fingerprint density at radius 3 is 2.76 bits per heavy atom. The molecule has 96 valence electrons. The number of nitrogens with two attached hydrogens (primary N) is 1. The number of aromatic nitrogens is 1. The summed E-state index contributed by atoms with van der Waals surface area (Å²) in [6, 6.07) is 1.32. The molecule has 0 saturated heterocycles. The molecule has 0 fully saturated rings. The van der Waals surface area contributed by atoms with Gasteiger partial charge in [-0.1, -0.05) is 11.6 Å². The fourth-order valence-electron chi connectivity index (χ4n) is 1.11. The summed E-state index contributed by atoms with van der Waals surface area (Å²) in [6.45, 7) is -1.97. The number of anilines is 1. The van der Waals surface area contributed by atoms with Crippen molar-refractivity contribution in [3.05, 3.63) is 22.8 Å². The second-order valence-electron chi connectivity index (χ2n) is 3.27. The van der Waals surface area contributed by atoms with Crippen molar-refractivity contribution in [3.63, 3.8) is 0 Å². The fraction of sp³-hybridized carbons (Fsp3) is 0.444. The first-order chi connectivity index (χ1) is 7.79. The van der Waals surface area contributed by atoms with Gasteiger partial charge in [-0.15, -0.1) is 0 Å². The first-order valence-corrected chi connectivity index (χ1v) is 4.91. The molecule has 0 saturated carbocycles. The Morgan fingerprint density at radius 2 is 2.18 bits per heavy atom. The second-order valence-corrected chi connectivity index (χ2v) is 3.71. The van der Waals surface area contributed by atoms with Gasteiger partial charge in [0.05, 0.1) is 11.6 Å². The Balaban J connectivity index is 2.58. The average Bonchev–Trinajstić information content (AvgIpc) is 2.19. The molecule has 1 aromatic heterocycles. The van der Waals surface area contributed by atoms with Crippen molar-refractivity contribution in [2.45, 2.75) is 12.3 Å². The molecule has 4 nitrogen and oxygen atoms in total. The van der Waals surface area contributed by atoms with Crippen molar-refractivity contribution in [1.29, 1.82) is 0 Å². The maximum atomic E-state index is 11.8. The second kappa shape index (κ2) is 5.52. The third-order valence-electron chi connectivity index (χ3n) is 1.82. The van der Waals surface area contributed by atoms with Crippen molar-refractivity contribution in [2.75, 3.05) is 18.9 Å². The van der Waals surface area contributed by atoms with E-state index in [0.717, 1.165) is 0 Å². The van der Waals surface area contributed by atoms with Crippen LogP contribution < -0.4 is 5.73 Å². The van der Waals surface area contributed by atoms with E-state index in [1.54, 1.807) is 0 Å². The topological polar surface area (TPSA) is 68.4 Å². The van der Waals surface area contributed by atoms with Crippen LogP contribution >= 0.6 is 11.6 Å². The van der Waals surface area contributed by atoms with Crippen molar-refractivity contribution >= 4 is 17.4 Å². The predicted octanol–water partition coefficient (Wildman–Crippen LogP) is 1.93. The molecule has 0 aliphatic carbocycles. The van der Waals surface area contributed by atoms with E-state index >= 15 is 0 Å². The summed E-state index contributed by atoms with van der Waals surface area (Å²) >= 11 is 5.62. The van der Waals surface area contributed by atoms with Crippen LogP contribution in [0.3, 0.4) is 0 Å². The van der Waals surface area contributed by atoms with Crippen LogP contribution in [0.15, 0.2) is 12.3 Å². The van der Waals surface area contributed by atoms with Crippen LogP contribution in [0.1, 0.15) is 11.7 Å². The lowest BCUT2D eigenvalue weighted by atomic mass is 10.1. The summed E-state index contributed by atoms with van der Waals surface area (Å²) < 4.78 is 39.7. The van der Waals surface area contributed by atoms with Gasteiger partial charge in [-0.3, -0.25) is 0 Å². The van der Waals surface area contributed by atoms with Gasteiger partial charge < -0.3 is 15.6 Å². The Morgan fingerprint density at radius 1 is 1.53 bits per heavy atom. The highest BCUT2D eigenvalue weighted by atomic mass is 35.5. The number of aliphatic hydroxyl groups is 1. The van der Waals surface area contributed by atoms with E-state index in [0.29, 0.717) is 0 Å². The number of hydrogen-bond donors (Lipinski definition) is 2. The molecule has 0 aliphatic rings. The number of alkyl halides is 3. The smallest absolute Gasteiger partial charge is 0.386 e. The van der Waals surface area contributed by atoms with Crippen LogP contribution in [-0.4, -0.2) is 29.5 Å². The molecule has 0 spiro atoms. The minimum Gasteiger partial charge on any atom is -0.386 e. The van der Waals surface area contributed by atoms with Crippen LogP contribution in [0, 0.1) is 0 Å². The van der Waals surface area contributed by atoms with Gasteiger partial charge in [0, 0.05) is 11.8 Å². The highest BCUT2D eigenvalue weighted by Gasteiger charge is 2.28. The number of rotatable bonds is 4. The molecule has 0 aliphatic heterocycles. The summed E-state index contributed by atoms with van der Waals surface area (Å²) in [5.41, 5.74) is 5.58. The molecule has 1 rings (SSSR count). The first kappa shape index (κ1) is 14.0. The largest absolute Gasteiger partial charge is 0.411 e. The maximum Gasteiger partial charge on any atom is 0.411 e. The number of pyridine rings is 1. The average molecular weight is 271 g/mol. The number of ether oxygens (including phenoxy) is 1. The van der Waals surface area contributed by atoms with E-state index < -0.39 is 25.5 Å². The van der Waals surface area contributed by atoms with Gasteiger partial charge in [-0.25, -0.2) is 4.98 Å². The Hall–Kier alpha value is -1.05. The Labute approximate surface area is 100 Å². The third kappa shape index (κ3) is 4.76. The molecule has 0 radical (unpaired) electrons. The SMILES string of the molecule is Nc1ncc(Cl)cc1C(O)COCC(F)(F)F. The predicted molar refractivity (Wildman–Crippen MR) is 55.5 cm³/mol. The van der Waals surface area contributed by atoms with Crippen LogP contribution in [0.25, 0.3) is 0 Å². The monoisotopic (exact) mass is 270 g/mol. The lowest BCUT2D eigenvalue weighted by molar-refractivity contribution is -0.179. The van der Waals surface area contributed by atoms with Gasteiger partial charge in [0.2, 0.25) is 0 Å². The number of hydrogen-bond acceptors (Lipinski definition) is 4. The summed E-state index contributed by atoms with van der Waals surface area (Å²) in [5, 5.41) is 9.78. The van der Waals surface area contributed by atoms with E-state index in [1.807, 2.05) is 0 Å². The highest BCUT2D eigenvalue weighted by molar-refractivity contribution is 6.30. The molecule has 1 aromatic rings. The summed E-state index contributed by atoms with van der Waals surface area (Å²) in [5.74, 6) is -0.00231. The van der Waals surface area contributed by atoms with Crippen LogP contribution in [0.2, 0.25) is 5.02 Å². The number of halogens is 4. The normalized spacial score (nSPS) is 13.7. The molecule has 0 aromatic carbocycles. The van der Waals surface area contributed by atoms with Crippen molar-refractivity contribution in [2.24, 2.45) is 0 Å². The molecule has 1 heterocycles. The standard InChI is InChI=1S/C9H10ClF3N2O2/c10-5-1-6(8(14)15-2-5)7(16)3-17-4-9(11,12)13/h1-2,7,16H,3-4H2,(H2,14,15). The third-order valence-corrected chi connectivity index (χ3v) is 2.02. The highest BCUT2D eigenvalue weighted by Crippen LogP contribution is 2.23. The quantitative estimate of drug-likeness (QED) is 0.877. The van der Waals surface area contributed by atoms with Gasteiger partial charge in [-0.05, 0) is 6.07 Å². The van der Waals surface area contributed by atoms with Crippen molar-refractivity contribution in [1.82, 2.24) is 4.98 Å². The van der Waals surface area contributed by atoms with Gasteiger partial charge in [0.1, 0.15) is 18.5 Å². The first-order valence-electron chi connectivity index (χ1n) is 4.53. The van der Waals surface area contributed by atoms with Gasteiger partial charge in [0.15, 0.2) is 0 Å². The molecule has 3 N–H and O–H groups in total. The van der Waals surface area contributed by atoms with Crippen LogP contribution in [0.4, 0.5) is 19.0 Å². The summed E-state index contributed by atoms with van der Waals surface area (Å²) in [6.07, 6.45) is -4.47. The Bertz CT molecular complexity index is 387. The van der Waals surface area contributed by atoms with E-state index in [2.05, 4.69) is 9.72 Å². The molecule has 1 atom stereocenters. The Kier molecular flexibility index (Phi) is 4.55. The molecule has 17 heavy (non-hydrogen) atoms. The molecule has 8 heteroatoms. The van der Waals surface area contributed by atoms with Gasteiger partial charge >= 0.3 is 6.18 Å².